The molecular weight excluding hydrogens is 263 g/mol. The summed E-state index contributed by atoms with van der Waals surface area (Å²) in [7, 11) is 0. The summed E-state index contributed by atoms with van der Waals surface area (Å²) < 4.78 is 0. The first kappa shape index (κ1) is 16.6. The number of carboxylic acids is 1. The molecule has 0 saturated heterocycles. The number of rotatable bonds is 4. The fraction of sp³-hybridized carbons (Fsp3) is 0.125. The van der Waals surface area contributed by atoms with E-state index in [0.717, 1.165) is 0 Å². The molecule has 2 aromatic carbocycles. The maximum atomic E-state index is 12.2. The van der Waals surface area contributed by atoms with Crippen LogP contribution >= 0.6 is 0 Å². The Hall–Kier alpha value is -1.42. The number of carbonyl (C=O) groups is 2. The Morgan fingerprint density at radius 1 is 0.950 bits per heavy atom. The van der Waals surface area contributed by atoms with Crippen molar-refractivity contribution < 1.29 is 44.3 Å². The zero-order valence-electron chi connectivity index (χ0n) is 11.5. The molecule has 0 N–H and O–H groups in total. The normalized spacial score (nSPS) is 11.2. The third-order valence-electron chi connectivity index (χ3n) is 3.04. The maximum Gasteiger partial charge on any atom is 1.00 e. The van der Waals surface area contributed by atoms with Crippen molar-refractivity contribution >= 4 is 11.8 Å². The van der Waals surface area contributed by atoms with Crippen molar-refractivity contribution in [3.8, 4) is 0 Å². The Bertz CT molecular complexity index is 608. The van der Waals surface area contributed by atoms with Crippen molar-refractivity contribution in [2.24, 2.45) is 0 Å². The van der Waals surface area contributed by atoms with E-state index in [4.69, 9.17) is 0 Å². The minimum absolute atomic E-state index is 0. The van der Waals surface area contributed by atoms with Crippen LogP contribution in [0, 0.1) is 0 Å². The smallest absolute Gasteiger partial charge is 0.550 e. The molecule has 1 atom stereocenters. The van der Waals surface area contributed by atoms with Crippen LogP contribution in [0.25, 0.3) is 0 Å². The zero-order chi connectivity index (χ0) is 13.8. The van der Waals surface area contributed by atoms with Gasteiger partial charge in [0.1, 0.15) is 0 Å². The van der Waals surface area contributed by atoms with Crippen LogP contribution in [-0.2, 0) is 4.79 Å². The number of carbonyl (C=O) groups excluding carboxylic acids is 2. The fourth-order valence-electron chi connectivity index (χ4n) is 1.84. The first-order valence-corrected chi connectivity index (χ1v) is 6.00. The number of benzene rings is 2. The summed E-state index contributed by atoms with van der Waals surface area (Å²) in [6.07, 6.45) is 0. The predicted molar refractivity (Wildman–Crippen MR) is 69.7 cm³/mol. The van der Waals surface area contributed by atoms with E-state index >= 15 is 0 Å². The van der Waals surface area contributed by atoms with Gasteiger partial charge in [0, 0.05) is 23.0 Å². The van der Waals surface area contributed by atoms with Gasteiger partial charge in [0.2, 0.25) is 0 Å². The van der Waals surface area contributed by atoms with Crippen molar-refractivity contribution in [2.75, 3.05) is 0 Å². The van der Waals surface area contributed by atoms with Crippen molar-refractivity contribution in [1.29, 1.82) is 0 Å². The number of ketones is 1. The fourth-order valence-corrected chi connectivity index (χ4v) is 1.84. The van der Waals surface area contributed by atoms with E-state index < -0.39 is 11.9 Å². The van der Waals surface area contributed by atoms with Gasteiger partial charge in [-0.3, -0.25) is 4.79 Å². The van der Waals surface area contributed by atoms with Crippen LogP contribution in [-0.4, -0.2) is 11.8 Å². The van der Waals surface area contributed by atoms with E-state index in [2.05, 4.69) is 0 Å². The van der Waals surface area contributed by atoms with Crippen LogP contribution in [0.15, 0.2) is 54.6 Å². The van der Waals surface area contributed by atoms with Crippen LogP contribution in [0.3, 0.4) is 0 Å². The summed E-state index contributed by atoms with van der Waals surface area (Å²) in [4.78, 5) is 23.1. The van der Waals surface area contributed by atoms with Gasteiger partial charge < -0.3 is 9.90 Å². The average Bonchev–Trinajstić information content (AvgIpc) is 2.46. The molecular formula is C16H13NaO3. The van der Waals surface area contributed by atoms with E-state index in [1.54, 1.807) is 55.5 Å². The van der Waals surface area contributed by atoms with Crippen LogP contribution in [0.2, 0.25) is 0 Å². The molecule has 0 saturated carbocycles. The summed E-state index contributed by atoms with van der Waals surface area (Å²) in [6.45, 7) is 1.54. The van der Waals surface area contributed by atoms with Gasteiger partial charge in [-0.1, -0.05) is 55.5 Å². The Balaban J connectivity index is 0.00000200. The van der Waals surface area contributed by atoms with Gasteiger partial charge in [-0.15, -0.1) is 0 Å². The Morgan fingerprint density at radius 2 is 1.55 bits per heavy atom. The largest absolute Gasteiger partial charge is 1.00 e. The Kier molecular flexibility index (Phi) is 6.14. The molecule has 0 amide bonds. The monoisotopic (exact) mass is 276 g/mol. The standard InChI is InChI=1S/C16H14O3.Na/c1-11(16(18)19)13-8-5-9-14(10-13)15(17)12-6-3-2-4-7-12;/h2-11H,1H3,(H,18,19);/q;+1/p-1. The van der Waals surface area contributed by atoms with Crippen LogP contribution in [0.1, 0.15) is 34.3 Å². The van der Waals surface area contributed by atoms with Crippen molar-refractivity contribution in [2.45, 2.75) is 12.8 Å². The third kappa shape index (κ3) is 3.79. The third-order valence-corrected chi connectivity index (χ3v) is 3.04. The van der Waals surface area contributed by atoms with E-state index in [1.165, 1.54) is 0 Å². The quantitative estimate of drug-likeness (QED) is 0.519. The van der Waals surface area contributed by atoms with E-state index in [-0.39, 0.29) is 35.3 Å². The van der Waals surface area contributed by atoms with Crippen molar-refractivity contribution in [1.82, 2.24) is 0 Å². The summed E-state index contributed by atoms with van der Waals surface area (Å²) >= 11 is 0. The molecule has 0 radical (unpaired) electrons. The topological polar surface area (TPSA) is 57.2 Å². The molecule has 0 aliphatic heterocycles. The van der Waals surface area contributed by atoms with E-state index in [9.17, 15) is 14.7 Å². The second-order valence-electron chi connectivity index (χ2n) is 4.36. The van der Waals surface area contributed by atoms with E-state index in [0.29, 0.717) is 16.7 Å². The first-order valence-electron chi connectivity index (χ1n) is 6.00. The number of hydrogen-bond acceptors (Lipinski definition) is 3. The second-order valence-corrected chi connectivity index (χ2v) is 4.36. The van der Waals surface area contributed by atoms with Crippen molar-refractivity contribution in [3.63, 3.8) is 0 Å². The molecule has 96 valence electrons. The molecule has 0 aromatic heterocycles. The molecule has 0 heterocycles. The minimum Gasteiger partial charge on any atom is -0.550 e. The molecule has 0 bridgehead atoms. The minimum atomic E-state index is -1.15. The van der Waals surface area contributed by atoms with Gasteiger partial charge in [0.25, 0.3) is 0 Å². The predicted octanol–water partition coefficient (Wildman–Crippen LogP) is -1.22. The molecule has 2 aromatic rings. The molecule has 4 heteroatoms. The molecule has 0 spiro atoms. The number of carboxylic acid groups (broad SMARTS) is 1. The zero-order valence-corrected chi connectivity index (χ0v) is 13.5. The van der Waals surface area contributed by atoms with Crippen LogP contribution in [0.5, 0.6) is 0 Å². The Labute approximate surface area is 139 Å². The van der Waals surface area contributed by atoms with Gasteiger partial charge in [0.15, 0.2) is 5.78 Å². The van der Waals surface area contributed by atoms with E-state index in [1.807, 2.05) is 6.07 Å². The van der Waals surface area contributed by atoms with Crippen LogP contribution < -0.4 is 34.7 Å². The number of aliphatic carboxylic acids is 1. The second kappa shape index (κ2) is 7.39. The molecule has 1 unspecified atom stereocenters. The van der Waals surface area contributed by atoms with Gasteiger partial charge in [-0.05, 0) is 11.6 Å². The Morgan fingerprint density at radius 3 is 2.15 bits per heavy atom. The maximum absolute atomic E-state index is 12.2. The molecule has 2 rings (SSSR count). The van der Waals surface area contributed by atoms with Gasteiger partial charge in [-0.2, -0.15) is 0 Å². The summed E-state index contributed by atoms with van der Waals surface area (Å²) in [5, 5.41) is 10.9. The number of hydrogen-bond donors (Lipinski definition) is 0. The molecule has 0 fully saturated rings. The molecule has 0 aliphatic carbocycles. The van der Waals surface area contributed by atoms with Gasteiger partial charge in [-0.25, -0.2) is 0 Å². The molecule has 0 aliphatic rings. The van der Waals surface area contributed by atoms with Crippen LogP contribution in [0.4, 0.5) is 0 Å². The SMILES string of the molecule is CC(C(=O)[O-])c1cccc(C(=O)c2ccccc2)c1.[Na+]. The summed E-state index contributed by atoms with van der Waals surface area (Å²) in [5.41, 5.74) is 1.64. The first-order chi connectivity index (χ1) is 9.09. The molecule has 3 nitrogen and oxygen atoms in total. The summed E-state index contributed by atoms with van der Waals surface area (Å²) in [6, 6.07) is 15.5. The van der Waals surface area contributed by atoms with Gasteiger partial charge in [0.05, 0.1) is 0 Å². The molecule has 20 heavy (non-hydrogen) atoms. The average molecular weight is 276 g/mol. The van der Waals surface area contributed by atoms with Gasteiger partial charge >= 0.3 is 29.6 Å². The summed E-state index contributed by atoms with van der Waals surface area (Å²) in [5.74, 6) is -2.00. The van der Waals surface area contributed by atoms with Crippen molar-refractivity contribution in [3.05, 3.63) is 71.3 Å².